The maximum atomic E-state index is 7.70. The maximum absolute atomic E-state index is 7.70. The Kier molecular flexibility index (Phi) is 11.1. The number of hydrogen-bond donors (Lipinski definition) is 0. The minimum Gasteiger partial charge on any atom is -0.440 e. The molecule has 0 fully saturated rings. The van der Waals surface area contributed by atoms with Crippen LogP contribution in [0.25, 0.3) is 22.1 Å². The first-order valence-corrected chi connectivity index (χ1v) is 31.6. The first kappa shape index (κ1) is 50.9. The largest absolute Gasteiger partial charge is 0.440 e. The van der Waals surface area contributed by atoms with Gasteiger partial charge in [-0.1, -0.05) is 191 Å². The van der Waals surface area contributed by atoms with Crippen LogP contribution in [-0.4, -0.2) is 14.8 Å². The van der Waals surface area contributed by atoms with E-state index < -0.39 is 8.07 Å². The van der Waals surface area contributed by atoms with Crippen molar-refractivity contribution >= 4 is 81.7 Å². The summed E-state index contributed by atoms with van der Waals surface area (Å²) in [5.74, 6) is 0.957. The molecule has 384 valence electrons. The van der Waals surface area contributed by atoms with E-state index in [4.69, 9.17) is 4.42 Å². The van der Waals surface area contributed by atoms with Crippen LogP contribution in [-0.2, 0) is 37.9 Å². The van der Waals surface area contributed by atoms with Gasteiger partial charge in [0, 0.05) is 39.2 Å². The summed E-state index contributed by atoms with van der Waals surface area (Å²) in [5.41, 5.74) is 23.3. The van der Waals surface area contributed by atoms with E-state index in [0.29, 0.717) is 0 Å². The first-order valence-electron chi connectivity index (χ1n) is 28.1. The van der Waals surface area contributed by atoms with Gasteiger partial charge in [0.05, 0.1) is 13.8 Å². The van der Waals surface area contributed by atoms with E-state index >= 15 is 0 Å². The quantitative estimate of drug-likeness (QED) is 0.164. The predicted octanol–water partition coefficient (Wildman–Crippen LogP) is 17.3. The molecule has 5 heteroatoms. The molecule has 0 saturated heterocycles. The highest BCUT2D eigenvalue weighted by atomic mass is 28.3. The monoisotopic (exact) mass is 997 g/mol. The van der Waals surface area contributed by atoms with Gasteiger partial charge in [-0.15, -0.1) is 0 Å². The van der Waals surface area contributed by atoms with Gasteiger partial charge in [-0.3, -0.25) is 4.90 Å². The highest BCUT2D eigenvalue weighted by molar-refractivity contribution is 7.01. The van der Waals surface area contributed by atoms with E-state index in [1.807, 2.05) is 0 Å². The molecule has 0 saturated carbocycles. The Morgan fingerprint density at radius 2 is 0.959 bits per heavy atom. The third kappa shape index (κ3) is 8.01. The molecule has 0 spiro atoms. The first-order chi connectivity index (χ1) is 34.2. The summed E-state index contributed by atoms with van der Waals surface area (Å²) in [6.07, 6.45) is 4.64. The SMILES string of the molecule is CC(C)(C)c1ccc2c(c1)B1c3c(cc(C(C)(C)C)cc3N(c3ccc4c(c3)C(C)(C)CCC4(C)C)c3oc4cc5c(cc4c31)C(C)(C)CCC5(C)C)N2c1ccc(C(C)(C)C)cc1-c1ccc([Si](C)(C)C)cc1. The molecule has 3 heterocycles. The average Bonchev–Trinajstić information content (AvgIpc) is 3.68. The van der Waals surface area contributed by atoms with E-state index in [1.165, 1.54) is 112 Å². The molecule has 2 aliphatic carbocycles. The lowest BCUT2D eigenvalue weighted by atomic mass is 9.33. The standard InChI is InChI=1S/C69H85BN2OSi/c1-63(2,3)43-23-29-55(48(35-43)42-21-26-47(27-22-42)74(18,19)20)72-56-30-24-44(64(4,5)6)36-54(56)70-60-49-40-52-53(69(16,17)34-33-68(52,14)15)41-59(49)73-62(60)71(57-37-45(65(7,8)9)38-58(72)61(57)70)46-25-28-50-51(39-46)67(12,13)32-31-66(50,10)11/h21-30,35-41H,31-34H2,1-20H3. The molecule has 1 aromatic heterocycles. The molecule has 74 heavy (non-hydrogen) atoms. The van der Waals surface area contributed by atoms with Gasteiger partial charge >= 0.3 is 0 Å². The Hall–Kier alpha value is -5.26. The number of rotatable bonds is 4. The summed E-state index contributed by atoms with van der Waals surface area (Å²) in [4.78, 5) is 5.25. The number of anilines is 6. The topological polar surface area (TPSA) is 19.6 Å². The van der Waals surface area contributed by atoms with Crippen molar-refractivity contribution in [2.45, 2.75) is 201 Å². The van der Waals surface area contributed by atoms with Gasteiger partial charge in [-0.05, 0) is 174 Å². The molecule has 0 radical (unpaired) electrons. The zero-order valence-corrected chi connectivity index (χ0v) is 50.0. The third-order valence-electron chi connectivity index (χ3n) is 18.7. The fourth-order valence-electron chi connectivity index (χ4n) is 13.3. The molecule has 7 aromatic rings. The second-order valence-electron chi connectivity index (χ2n) is 30.1. The Bertz CT molecular complexity index is 3440. The molecular weight excluding hydrogens is 912 g/mol. The molecule has 0 unspecified atom stereocenters. The van der Waals surface area contributed by atoms with Crippen LogP contribution in [0.3, 0.4) is 0 Å². The molecule has 6 aromatic carbocycles. The number of fused-ring (bicyclic) bond motifs is 8. The number of nitrogens with zero attached hydrogens (tertiary/aromatic N) is 2. The Balaban J connectivity index is 1.30. The molecule has 3 nitrogen and oxygen atoms in total. The van der Waals surface area contributed by atoms with Crippen LogP contribution < -0.4 is 31.4 Å². The van der Waals surface area contributed by atoms with Crippen LogP contribution in [0.5, 0.6) is 0 Å². The Morgan fingerprint density at radius 1 is 0.459 bits per heavy atom. The van der Waals surface area contributed by atoms with Gasteiger partial charge in [0.15, 0.2) is 0 Å². The summed E-state index contributed by atoms with van der Waals surface area (Å²) in [7, 11) is -1.54. The van der Waals surface area contributed by atoms with E-state index in [1.54, 1.807) is 0 Å². The number of benzene rings is 6. The zero-order chi connectivity index (χ0) is 53.4. The third-order valence-corrected chi connectivity index (χ3v) is 20.7. The lowest BCUT2D eigenvalue weighted by Crippen LogP contribution is -2.61. The maximum Gasteiger partial charge on any atom is 0.257 e. The minimum absolute atomic E-state index is 0.0286. The summed E-state index contributed by atoms with van der Waals surface area (Å²) < 4.78 is 7.70. The highest BCUT2D eigenvalue weighted by Crippen LogP contribution is 2.54. The van der Waals surface area contributed by atoms with Crippen molar-refractivity contribution in [1.82, 2.24) is 0 Å². The lowest BCUT2D eigenvalue weighted by Gasteiger charge is -2.45. The van der Waals surface area contributed by atoms with Gasteiger partial charge < -0.3 is 9.32 Å². The van der Waals surface area contributed by atoms with Crippen LogP contribution in [0.2, 0.25) is 19.6 Å². The normalized spacial score (nSPS) is 18.4. The molecular formula is C69H85BN2OSi. The Morgan fingerprint density at radius 3 is 1.51 bits per heavy atom. The molecule has 0 atom stereocenters. The van der Waals surface area contributed by atoms with Crippen LogP contribution >= 0.6 is 0 Å². The molecule has 2 aliphatic heterocycles. The lowest BCUT2D eigenvalue weighted by molar-refractivity contribution is 0.332. The smallest absolute Gasteiger partial charge is 0.257 e. The minimum atomic E-state index is -1.54. The van der Waals surface area contributed by atoms with Gasteiger partial charge in [0.2, 0.25) is 5.88 Å². The van der Waals surface area contributed by atoms with Gasteiger partial charge in [0.25, 0.3) is 6.71 Å². The fourth-order valence-corrected chi connectivity index (χ4v) is 14.5. The average molecular weight is 997 g/mol. The van der Waals surface area contributed by atoms with Gasteiger partial charge in [0.1, 0.15) is 5.58 Å². The second kappa shape index (κ2) is 16.1. The van der Waals surface area contributed by atoms with Crippen LogP contribution in [0.15, 0.2) is 108 Å². The van der Waals surface area contributed by atoms with Crippen molar-refractivity contribution < 1.29 is 4.42 Å². The van der Waals surface area contributed by atoms with Crippen molar-refractivity contribution in [3.8, 4) is 11.1 Å². The Labute approximate surface area is 447 Å². The van der Waals surface area contributed by atoms with Crippen LogP contribution in [0.4, 0.5) is 34.3 Å². The molecule has 11 rings (SSSR count). The molecule has 0 bridgehead atoms. The number of furan rings is 1. The molecule has 0 amide bonds. The summed E-state index contributed by atoms with van der Waals surface area (Å²) in [5, 5.41) is 2.72. The second-order valence-corrected chi connectivity index (χ2v) is 35.2. The van der Waals surface area contributed by atoms with Crippen LogP contribution in [0.1, 0.15) is 182 Å². The van der Waals surface area contributed by atoms with E-state index in [-0.39, 0.29) is 44.6 Å². The highest BCUT2D eigenvalue weighted by Gasteiger charge is 2.49. The van der Waals surface area contributed by atoms with E-state index in [0.717, 1.165) is 30.7 Å². The van der Waals surface area contributed by atoms with Gasteiger partial charge in [-0.25, -0.2) is 0 Å². The van der Waals surface area contributed by atoms with Crippen molar-refractivity contribution in [3.05, 3.63) is 142 Å². The van der Waals surface area contributed by atoms with Crippen molar-refractivity contribution in [2.75, 3.05) is 9.80 Å². The van der Waals surface area contributed by atoms with E-state index in [2.05, 4.69) is 250 Å². The zero-order valence-electron chi connectivity index (χ0n) is 49.0. The molecule has 4 aliphatic rings. The molecule has 0 N–H and O–H groups in total. The fraction of sp³-hybridized carbons (Fsp3) is 0.449. The van der Waals surface area contributed by atoms with Crippen LogP contribution in [0, 0.1) is 0 Å². The summed E-state index contributed by atoms with van der Waals surface area (Å²) in [6.45, 7) is 48.2. The number of hydrogen-bond acceptors (Lipinski definition) is 3. The van der Waals surface area contributed by atoms with Crippen molar-refractivity contribution in [2.24, 2.45) is 0 Å². The summed E-state index contributed by atoms with van der Waals surface area (Å²) >= 11 is 0. The van der Waals surface area contributed by atoms with Crippen molar-refractivity contribution in [1.29, 1.82) is 0 Å². The summed E-state index contributed by atoms with van der Waals surface area (Å²) in [6, 6.07) is 42.1. The van der Waals surface area contributed by atoms with E-state index in [9.17, 15) is 0 Å². The predicted molar refractivity (Wildman–Crippen MR) is 325 cm³/mol. The van der Waals surface area contributed by atoms with Crippen molar-refractivity contribution in [3.63, 3.8) is 0 Å². The van der Waals surface area contributed by atoms with Gasteiger partial charge in [-0.2, -0.15) is 0 Å².